The van der Waals surface area contributed by atoms with E-state index >= 15 is 0 Å². The second-order valence-electron chi connectivity index (χ2n) is 10.2. The summed E-state index contributed by atoms with van der Waals surface area (Å²) in [6.07, 6.45) is 8.09. The number of hydrogen-bond acceptors (Lipinski definition) is 9. The highest BCUT2D eigenvalue weighted by Crippen LogP contribution is 2.39. The zero-order valence-electron chi connectivity index (χ0n) is 21.8. The first-order valence-corrected chi connectivity index (χ1v) is 13.0. The minimum absolute atomic E-state index is 0.0742. The SMILES string of the molecule is CC(C)n1nnnc1-c1cccc(NC(=O)c2cc(-n3cnc(C4CC4)c3)c(N3CCN(C)CC3)cn2)n1. The Hall–Kier alpha value is -4.19. The molecule has 1 N–H and O–H groups in total. The predicted octanol–water partition coefficient (Wildman–Crippen LogP) is 2.78. The molecule has 0 aromatic carbocycles. The number of piperazine rings is 1. The minimum Gasteiger partial charge on any atom is -0.366 e. The molecule has 196 valence electrons. The molecule has 2 aliphatic rings. The molecule has 0 atom stereocenters. The lowest BCUT2D eigenvalue weighted by molar-refractivity contribution is 0.102. The van der Waals surface area contributed by atoms with Crippen molar-refractivity contribution in [2.75, 3.05) is 43.4 Å². The van der Waals surface area contributed by atoms with Crippen molar-refractivity contribution in [3.05, 3.63) is 54.4 Å². The van der Waals surface area contributed by atoms with E-state index in [9.17, 15) is 4.79 Å². The van der Waals surface area contributed by atoms with E-state index in [0.717, 1.165) is 43.2 Å². The number of anilines is 2. The van der Waals surface area contributed by atoms with E-state index in [1.165, 1.54) is 12.8 Å². The number of hydrogen-bond donors (Lipinski definition) is 1. The van der Waals surface area contributed by atoms with Crippen molar-refractivity contribution in [3.63, 3.8) is 0 Å². The van der Waals surface area contributed by atoms with Crippen molar-refractivity contribution in [2.45, 2.75) is 38.6 Å². The lowest BCUT2D eigenvalue weighted by atomic mass is 10.2. The van der Waals surface area contributed by atoms with E-state index in [-0.39, 0.29) is 11.9 Å². The van der Waals surface area contributed by atoms with Crippen LogP contribution in [0.4, 0.5) is 11.5 Å². The Kier molecular flexibility index (Phi) is 6.32. The number of carbonyl (C=O) groups is 1. The maximum absolute atomic E-state index is 13.3. The summed E-state index contributed by atoms with van der Waals surface area (Å²) in [5.41, 5.74) is 3.87. The van der Waals surface area contributed by atoms with Gasteiger partial charge in [0.05, 0.1) is 35.6 Å². The molecule has 12 nitrogen and oxygen atoms in total. The second kappa shape index (κ2) is 9.93. The molecule has 5 heterocycles. The van der Waals surface area contributed by atoms with Crippen LogP contribution in [0.2, 0.25) is 0 Å². The fraction of sp³-hybridized carbons (Fsp3) is 0.423. The van der Waals surface area contributed by atoms with Crippen LogP contribution in [0.5, 0.6) is 0 Å². The number of likely N-dealkylation sites (N-methyl/N-ethyl adjacent to an activating group) is 1. The molecule has 1 saturated carbocycles. The largest absolute Gasteiger partial charge is 0.366 e. The van der Waals surface area contributed by atoms with Crippen LogP contribution in [-0.4, -0.2) is 83.8 Å². The average molecular weight is 514 g/mol. The van der Waals surface area contributed by atoms with E-state index in [4.69, 9.17) is 0 Å². The molecule has 4 aromatic rings. The van der Waals surface area contributed by atoms with Crippen molar-refractivity contribution in [1.29, 1.82) is 0 Å². The van der Waals surface area contributed by atoms with Gasteiger partial charge in [-0.2, -0.15) is 0 Å². The molecule has 0 spiro atoms. The molecule has 38 heavy (non-hydrogen) atoms. The fourth-order valence-corrected chi connectivity index (χ4v) is 4.64. The number of rotatable bonds is 7. The van der Waals surface area contributed by atoms with E-state index < -0.39 is 0 Å². The maximum atomic E-state index is 13.3. The standard InChI is InChI=1S/C26H31N11O/c1-17(2)37-25(31-32-33-37)19-5-4-6-24(29-19)30-26(38)20-13-22(36-15-21(28-16-36)18-7-8-18)23(14-27-20)35-11-9-34(3)10-12-35/h4-6,13-18H,7-12H2,1-3H3,(H,29,30,38). The van der Waals surface area contributed by atoms with E-state index in [0.29, 0.717) is 28.9 Å². The number of aromatic nitrogens is 8. The Balaban J connectivity index is 1.29. The zero-order valence-corrected chi connectivity index (χ0v) is 21.8. The molecular formula is C26H31N11O. The Bertz CT molecular complexity index is 1450. The van der Waals surface area contributed by atoms with Crippen LogP contribution in [0, 0.1) is 0 Å². The quantitative estimate of drug-likeness (QED) is 0.397. The van der Waals surface area contributed by atoms with Gasteiger partial charge >= 0.3 is 0 Å². The number of amides is 1. The van der Waals surface area contributed by atoms with Crippen LogP contribution in [0.3, 0.4) is 0 Å². The van der Waals surface area contributed by atoms with Crippen LogP contribution in [-0.2, 0) is 0 Å². The summed E-state index contributed by atoms with van der Waals surface area (Å²) in [5, 5.41) is 14.8. The van der Waals surface area contributed by atoms with Gasteiger partial charge in [-0.15, -0.1) is 5.10 Å². The summed E-state index contributed by atoms with van der Waals surface area (Å²) in [6, 6.07) is 7.28. The zero-order chi connectivity index (χ0) is 26.2. The minimum atomic E-state index is -0.341. The summed E-state index contributed by atoms with van der Waals surface area (Å²) in [5.74, 6) is 1.14. The molecule has 1 aliphatic heterocycles. The van der Waals surface area contributed by atoms with Gasteiger partial charge in [-0.05, 0) is 62.4 Å². The van der Waals surface area contributed by atoms with Gasteiger partial charge < -0.3 is 19.7 Å². The topological polar surface area (TPSA) is 123 Å². The molecule has 6 rings (SSSR count). The Morgan fingerprint density at radius 3 is 2.66 bits per heavy atom. The molecule has 0 radical (unpaired) electrons. The highest BCUT2D eigenvalue weighted by atomic mass is 16.1. The van der Waals surface area contributed by atoms with Crippen molar-refractivity contribution >= 4 is 17.4 Å². The summed E-state index contributed by atoms with van der Waals surface area (Å²) in [4.78, 5) is 31.7. The highest BCUT2D eigenvalue weighted by molar-refractivity contribution is 6.03. The Morgan fingerprint density at radius 1 is 1.08 bits per heavy atom. The van der Waals surface area contributed by atoms with E-state index in [1.54, 1.807) is 16.9 Å². The highest BCUT2D eigenvalue weighted by Gasteiger charge is 2.27. The lowest BCUT2D eigenvalue weighted by Gasteiger charge is -2.35. The number of imidazole rings is 1. The first-order chi connectivity index (χ1) is 18.5. The number of tetrazole rings is 1. The summed E-state index contributed by atoms with van der Waals surface area (Å²) in [7, 11) is 2.13. The van der Waals surface area contributed by atoms with Gasteiger partial charge in [-0.25, -0.2) is 19.6 Å². The smallest absolute Gasteiger partial charge is 0.275 e. The average Bonchev–Trinajstić information content (AvgIpc) is 3.44. The van der Waals surface area contributed by atoms with Crippen LogP contribution in [0.15, 0.2) is 43.0 Å². The molecule has 4 aromatic heterocycles. The van der Waals surface area contributed by atoms with Crippen molar-refractivity contribution in [1.82, 2.24) is 44.6 Å². The Morgan fingerprint density at radius 2 is 1.89 bits per heavy atom. The third kappa shape index (κ3) is 4.86. The number of pyridine rings is 2. The third-order valence-corrected chi connectivity index (χ3v) is 7.02. The van der Waals surface area contributed by atoms with Gasteiger partial charge in [-0.3, -0.25) is 4.79 Å². The maximum Gasteiger partial charge on any atom is 0.275 e. The molecule has 0 bridgehead atoms. The third-order valence-electron chi connectivity index (χ3n) is 7.02. The lowest BCUT2D eigenvalue weighted by Crippen LogP contribution is -2.44. The van der Waals surface area contributed by atoms with Gasteiger partial charge in [0.25, 0.3) is 5.91 Å². The normalized spacial score (nSPS) is 16.3. The summed E-state index contributed by atoms with van der Waals surface area (Å²) in [6.45, 7) is 7.73. The van der Waals surface area contributed by atoms with E-state index in [2.05, 4.69) is 58.8 Å². The molecule has 1 amide bonds. The number of nitrogens with one attached hydrogen (secondary N) is 1. The second-order valence-corrected chi connectivity index (χ2v) is 10.2. The summed E-state index contributed by atoms with van der Waals surface area (Å²) < 4.78 is 3.71. The van der Waals surface area contributed by atoms with Crippen molar-refractivity contribution in [2.24, 2.45) is 0 Å². The fourth-order valence-electron chi connectivity index (χ4n) is 4.64. The summed E-state index contributed by atoms with van der Waals surface area (Å²) >= 11 is 0. The van der Waals surface area contributed by atoms with Crippen LogP contribution < -0.4 is 10.2 Å². The molecule has 1 aliphatic carbocycles. The van der Waals surface area contributed by atoms with Gasteiger partial charge in [0.1, 0.15) is 17.2 Å². The van der Waals surface area contributed by atoms with Gasteiger partial charge in [0.15, 0.2) is 0 Å². The first-order valence-electron chi connectivity index (χ1n) is 13.0. The monoisotopic (exact) mass is 513 g/mol. The molecular weight excluding hydrogens is 482 g/mol. The number of carbonyl (C=O) groups excluding carboxylic acids is 1. The Labute approximate surface area is 220 Å². The molecule has 12 heteroatoms. The van der Waals surface area contributed by atoms with Crippen LogP contribution in [0.25, 0.3) is 17.2 Å². The van der Waals surface area contributed by atoms with Crippen molar-refractivity contribution in [3.8, 4) is 17.2 Å². The van der Waals surface area contributed by atoms with E-state index in [1.807, 2.05) is 42.9 Å². The van der Waals surface area contributed by atoms with Gasteiger partial charge in [-0.1, -0.05) is 6.07 Å². The predicted molar refractivity (Wildman–Crippen MR) is 142 cm³/mol. The molecule has 2 fully saturated rings. The molecule has 1 saturated heterocycles. The van der Waals surface area contributed by atoms with Crippen LogP contribution in [0.1, 0.15) is 54.8 Å². The van der Waals surface area contributed by atoms with Crippen LogP contribution >= 0.6 is 0 Å². The molecule has 0 unspecified atom stereocenters. The number of nitrogens with zero attached hydrogens (tertiary/aromatic N) is 10. The first kappa shape index (κ1) is 24.2. The van der Waals surface area contributed by atoms with Gasteiger partial charge in [0, 0.05) is 38.3 Å². The van der Waals surface area contributed by atoms with Gasteiger partial charge in [0.2, 0.25) is 5.82 Å². The van der Waals surface area contributed by atoms with Crippen molar-refractivity contribution < 1.29 is 4.79 Å².